The van der Waals surface area contributed by atoms with Crippen molar-refractivity contribution in [2.45, 2.75) is 0 Å². The Bertz CT molecular complexity index is 374. The largest absolute Gasteiger partial charge is 0.497 e. The van der Waals surface area contributed by atoms with Gasteiger partial charge < -0.3 is 15.0 Å². The molecular weight excluding hydrogens is 216 g/mol. The van der Waals surface area contributed by atoms with Gasteiger partial charge in [-0.05, 0) is 30.3 Å². The van der Waals surface area contributed by atoms with Crippen molar-refractivity contribution >= 4 is 11.6 Å². The number of carbonyl (C=O) groups excluding carboxylic acids is 1. The fourth-order valence-electron chi connectivity index (χ4n) is 1.47. The Labute approximate surface area is 102 Å². The lowest BCUT2D eigenvalue weighted by atomic mass is 10.3. The highest BCUT2D eigenvalue weighted by molar-refractivity contribution is 5.91. The summed E-state index contributed by atoms with van der Waals surface area (Å²) >= 11 is 0. The van der Waals surface area contributed by atoms with Crippen molar-refractivity contribution in [2.75, 3.05) is 32.6 Å². The van der Waals surface area contributed by atoms with Crippen LogP contribution < -0.4 is 15.0 Å². The van der Waals surface area contributed by atoms with E-state index in [9.17, 15) is 4.79 Å². The second kappa shape index (κ2) is 6.70. The quantitative estimate of drug-likeness (QED) is 0.698. The van der Waals surface area contributed by atoms with Gasteiger partial charge in [-0.2, -0.15) is 0 Å². The van der Waals surface area contributed by atoms with E-state index >= 15 is 0 Å². The highest BCUT2D eigenvalue weighted by Gasteiger charge is 2.08. The number of nitrogens with one attached hydrogen (secondary N) is 2. The van der Waals surface area contributed by atoms with Gasteiger partial charge >= 0.3 is 0 Å². The summed E-state index contributed by atoms with van der Waals surface area (Å²) in [6.45, 7) is 4.85. The van der Waals surface area contributed by atoms with E-state index in [2.05, 4.69) is 11.9 Å². The van der Waals surface area contributed by atoms with Crippen LogP contribution in [0.15, 0.2) is 36.9 Å². The van der Waals surface area contributed by atoms with E-state index in [0.29, 0.717) is 6.54 Å². The van der Waals surface area contributed by atoms with E-state index in [0.717, 1.165) is 22.9 Å². The molecular formula is C13H19N2O2+. The average Bonchev–Trinajstić information content (AvgIpc) is 2.30. The van der Waals surface area contributed by atoms with Crippen molar-refractivity contribution in [3.05, 3.63) is 36.9 Å². The minimum Gasteiger partial charge on any atom is -0.497 e. The number of hydrogen-bond acceptors (Lipinski definition) is 2. The van der Waals surface area contributed by atoms with Gasteiger partial charge in [-0.1, -0.05) is 6.58 Å². The second-order valence-corrected chi connectivity index (χ2v) is 3.90. The molecule has 0 fully saturated rings. The molecule has 92 valence electrons. The first-order valence-electron chi connectivity index (χ1n) is 5.52. The molecule has 0 aromatic heterocycles. The molecule has 0 aliphatic carbocycles. The zero-order valence-electron chi connectivity index (χ0n) is 10.3. The standard InChI is InChI=1S/C13H18N2O2/c1-4-9-15(2)10-13(16)14-11-5-7-12(17-3)8-6-11/h4-8H,1,9-10H2,2-3H3,(H,14,16)/p+1. The molecule has 1 aromatic rings. The lowest BCUT2D eigenvalue weighted by molar-refractivity contribution is -0.864. The van der Waals surface area contributed by atoms with Gasteiger partial charge in [-0.25, -0.2) is 0 Å². The molecule has 1 atom stereocenters. The maximum Gasteiger partial charge on any atom is 0.279 e. The van der Waals surface area contributed by atoms with Gasteiger partial charge in [0.05, 0.1) is 20.7 Å². The number of amides is 1. The predicted molar refractivity (Wildman–Crippen MR) is 68.4 cm³/mol. The first-order valence-corrected chi connectivity index (χ1v) is 5.52. The van der Waals surface area contributed by atoms with Crippen LogP contribution in [0.5, 0.6) is 5.75 Å². The molecule has 0 radical (unpaired) electrons. The van der Waals surface area contributed by atoms with Crippen LogP contribution in [0, 0.1) is 0 Å². The van der Waals surface area contributed by atoms with E-state index in [-0.39, 0.29) is 5.91 Å². The maximum atomic E-state index is 11.7. The minimum atomic E-state index is -0.00508. The van der Waals surface area contributed by atoms with Gasteiger partial charge in [0.1, 0.15) is 5.75 Å². The minimum absolute atomic E-state index is 0.00508. The summed E-state index contributed by atoms with van der Waals surface area (Å²) in [7, 11) is 3.57. The first-order chi connectivity index (χ1) is 8.15. The molecule has 1 aromatic carbocycles. The SMILES string of the molecule is C=CC[NH+](C)CC(=O)Nc1ccc(OC)cc1. The summed E-state index contributed by atoms with van der Waals surface area (Å²) < 4.78 is 5.04. The molecule has 2 N–H and O–H groups in total. The number of quaternary nitrogens is 1. The molecule has 0 saturated heterocycles. The van der Waals surface area contributed by atoms with Crippen molar-refractivity contribution in [3.8, 4) is 5.75 Å². The third kappa shape index (κ3) is 4.70. The molecule has 0 bridgehead atoms. The van der Waals surface area contributed by atoms with Crippen molar-refractivity contribution in [1.29, 1.82) is 0 Å². The lowest BCUT2D eigenvalue weighted by Crippen LogP contribution is -3.09. The molecule has 17 heavy (non-hydrogen) atoms. The van der Waals surface area contributed by atoms with Gasteiger partial charge in [0.25, 0.3) is 5.91 Å². The predicted octanol–water partition coefficient (Wildman–Crippen LogP) is 0.334. The van der Waals surface area contributed by atoms with Crippen LogP contribution in [0.25, 0.3) is 0 Å². The highest BCUT2D eigenvalue weighted by Crippen LogP contribution is 2.14. The van der Waals surface area contributed by atoms with Crippen LogP contribution in [0.1, 0.15) is 0 Å². The molecule has 0 aliphatic heterocycles. The summed E-state index contributed by atoms with van der Waals surface area (Å²) in [6, 6.07) is 7.27. The van der Waals surface area contributed by atoms with E-state index in [1.54, 1.807) is 13.2 Å². The topological polar surface area (TPSA) is 42.8 Å². The zero-order chi connectivity index (χ0) is 12.7. The second-order valence-electron chi connectivity index (χ2n) is 3.90. The number of methoxy groups -OCH3 is 1. The third-order valence-corrected chi connectivity index (χ3v) is 2.33. The first kappa shape index (κ1) is 13.3. The summed E-state index contributed by atoms with van der Waals surface area (Å²) in [4.78, 5) is 12.8. The normalized spacial score (nSPS) is 11.6. The number of benzene rings is 1. The van der Waals surface area contributed by atoms with Crippen LogP contribution in [0.4, 0.5) is 5.69 Å². The van der Waals surface area contributed by atoms with E-state index in [1.807, 2.05) is 31.3 Å². The van der Waals surface area contributed by atoms with E-state index in [1.165, 1.54) is 0 Å². The third-order valence-electron chi connectivity index (χ3n) is 2.33. The molecule has 0 aliphatic rings. The van der Waals surface area contributed by atoms with Crippen LogP contribution >= 0.6 is 0 Å². The maximum absolute atomic E-state index is 11.7. The smallest absolute Gasteiger partial charge is 0.279 e. The van der Waals surface area contributed by atoms with Crippen LogP contribution in [0.2, 0.25) is 0 Å². The summed E-state index contributed by atoms with van der Waals surface area (Å²) in [5.74, 6) is 0.770. The number of ether oxygens (including phenoxy) is 1. The molecule has 1 amide bonds. The molecule has 4 heteroatoms. The van der Waals surface area contributed by atoms with Crippen molar-refractivity contribution in [3.63, 3.8) is 0 Å². The van der Waals surface area contributed by atoms with Crippen LogP contribution in [0.3, 0.4) is 0 Å². The fourth-order valence-corrected chi connectivity index (χ4v) is 1.47. The number of carbonyl (C=O) groups is 1. The lowest BCUT2D eigenvalue weighted by Gasteiger charge is -2.11. The van der Waals surface area contributed by atoms with E-state index < -0.39 is 0 Å². The van der Waals surface area contributed by atoms with E-state index in [4.69, 9.17) is 4.74 Å². The zero-order valence-corrected chi connectivity index (χ0v) is 10.3. The van der Waals surface area contributed by atoms with Gasteiger partial charge in [-0.15, -0.1) is 0 Å². The van der Waals surface area contributed by atoms with Gasteiger partial charge in [0.15, 0.2) is 6.54 Å². The van der Waals surface area contributed by atoms with Crippen LogP contribution in [-0.4, -0.2) is 33.2 Å². The Kier molecular flexibility index (Phi) is 5.23. The Hall–Kier alpha value is -1.81. The molecule has 1 rings (SSSR count). The monoisotopic (exact) mass is 235 g/mol. The molecule has 0 heterocycles. The Balaban J connectivity index is 2.47. The average molecular weight is 235 g/mol. The summed E-state index contributed by atoms with van der Waals surface area (Å²) in [6.07, 6.45) is 1.80. The Morgan fingerprint density at radius 3 is 2.65 bits per heavy atom. The Morgan fingerprint density at radius 2 is 2.12 bits per heavy atom. The van der Waals surface area contributed by atoms with Crippen molar-refractivity contribution in [2.24, 2.45) is 0 Å². The highest BCUT2D eigenvalue weighted by atomic mass is 16.5. The summed E-state index contributed by atoms with van der Waals surface area (Å²) in [5.41, 5.74) is 0.780. The van der Waals surface area contributed by atoms with Gasteiger partial charge in [0.2, 0.25) is 0 Å². The number of anilines is 1. The van der Waals surface area contributed by atoms with Crippen LogP contribution in [-0.2, 0) is 4.79 Å². The van der Waals surface area contributed by atoms with Gasteiger partial charge in [0, 0.05) is 5.69 Å². The molecule has 4 nitrogen and oxygen atoms in total. The summed E-state index contributed by atoms with van der Waals surface area (Å²) in [5, 5.41) is 2.83. The number of hydrogen-bond donors (Lipinski definition) is 2. The molecule has 0 spiro atoms. The van der Waals surface area contributed by atoms with Crippen molar-refractivity contribution < 1.29 is 14.4 Å². The number of likely N-dealkylation sites (N-methyl/N-ethyl adjacent to an activating group) is 1. The Morgan fingerprint density at radius 1 is 1.47 bits per heavy atom. The van der Waals surface area contributed by atoms with Gasteiger partial charge in [-0.3, -0.25) is 4.79 Å². The van der Waals surface area contributed by atoms with Crippen molar-refractivity contribution in [1.82, 2.24) is 0 Å². The molecule has 0 saturated carbocycles. The fraction of sp³-hybridized carbons (Fsp3) is 0.308. The number of rotatable bonds is 6. The molecule has 1 unspecified atom stereocenters.